The smallest absolute Gasteiger partial charge is 0.0624 e. The maximum atomic E-state index is 9.17. The van der Waals surface area contributed by atoms with Gasteiger partial charge in [-0.05, 0) is 67.5 Å². The molecule has 0 amide bonds. The van der Waals surface area contributed by atoms with Crippen LogP contribution in [0.15, 0.2) is 48.7 Å². The van der Waals surface area contributed by atoms with Gasteiger partial charge in [-0.2, -0.15) is 5.26 Å². The highest BCUT2D eigenvalue weighted by Crippen LogP contribution is 2.38. The summed E-state index contributed by atoms with van der Waals surface area (Å²) in [6.07, 6.45) is 4.90. The van der Waals surface area contributed by atoms with Crippen LogP contribution in [0, 0.1) is 31.1 Å². The molecule has 138 valence electrons. The molecule has 2 heterocycles. The molecule has 1 aliphatic heterocycles. The van der Waals surface area contributed by atoms with Crippen molar-refractivity contribution in [3.05, 3.63) is 70.9 Å². The largest absolute Gasteiger partial charge is 0.361 e. The molecule has 0 spiro atoms. The lowest BCUT2D eigenvalue weighted by atomic mass is 9.85. The molecule has 27 heavy (non-hydrogen) atoms. The molecular formula is C24H27N3. The fourth-order valence-corrected chi connectivity index (χ4v) is 4.67. The van der Waals surface area contributed by atoms with Gasteiger partial charge in [0.2, 0.25) is 0 Å². The topological polar surface area (TPSA) is 42.8 Å². The minimum absolute atomic E-state index is 0.382. The van der Waals surface area contributed by atoms with Gasteiger partial charge in [0, 0.05) is 36.1 Å². The van der Waals surface area contributed by atoms with E-state index in [1.54, 1.807) is 0 Å². The molecule has 2 atom stereocenters. The first-order chi connectivity index (χ1) is 13.2. The van der Waals surface area contributed by atoms with E-state index < -0.39 is 0 Å². The van der Waals surface area contributed by atoms with Gasteiger partial charge in [-0.25, -0.2) is 0 Å². The van der Waals surface area contributed by atoms with Crippen LogP contribution in [0.5, 0.6) is 0 Å². The fourth-order valence-electron chi connectivity index (χ4n) is 4.67. The number of nitrogens with one attached hydrogen (secondary N) is 1. The van der Waals surface area contributed by atoms with Crippen molar-refractivity contribution in [1.29, 1.82) is 5.26 Å². The fraction of sp³-hybridized carbons (Fsp3) is 0.375. The molecule has 1 aliphatic rings. The SMILES string of the molecule is Cc1cc(C)c2[nH]ccc2c1CN1CC[C@@H](CC#N)C[C@@H]1c1ccccc1. The Morgan fingerprint density at radius 2 is 1.96 bits per heavy atom. The quantitative estimate of drug-likeness (QED) is 0.655. The number of fused-ring (bicyclic) bond motifs is 1. The van der Waals surface area contributed by atoms with Gasteiger partial charge in [-0.1, -0.05) is 36.4 Å². The van der Waals surface area contributed by atoms with Crippen LogP contribution in [0.3, 0.4) is 0 Å². The van der Waals surface area contributed by atoms with Gasteiger partial charge < -0.3 is 4.98 Å². The van der Waals surface area contributed by atoms with E-state index in [9.17, 15) is 0 Å². The molecule has 1 N–H and O–H groups in total. The number of piperidine rings is 1. The predicted molar refractivity (Wildman–Crippen MR) is 110 cm³/mol. The molecule has 0 unspecified atom stereocenters. The van der Waals surface area contributed by atoms with Gasteiger partial charge in [0.1, 0.15) is 0 Å². The van der Waals surface area contributed by atoms with E-state index in [0.29, 0.717) is 18.4 Å². The second-order valence-electron chi connectivity index (χ2n) is 7.90. The lowest BCUT2D eigenvalue weighted by Crippen LogP contribution is -2.36. The monoisotopic (exact) mass is 357 g/mol. The molecule has 0 saturated carbocycles. The molecule has 1 fully saturated rings. The number of nitriles is 1. The second kappa shape index (κ2) is 7.58. The van der Waals surface area contributed by atoms with Crippen molar-refractivity contribution >= 4 is 10.9 Å². The minimum Gasteiger partial charge on any atom is -0.361 e. The molecule has 3 nitrogen and oxygen atoms in total. The Labute approximate surface area is 161 Å². The van der Waals surface area contributed by atoms with Gasteiger partial charge in [-0.3, -0.25) is 4.90 Å². The Bertz CT molecular complexity index is 964. The van der Waals surface area contributed by atoms with Crippen molar-refractivity contribution in [3.8, 4) is 6.07 Å². The van der Waals surface area contributed by atoms with Crippen LogP contribution in [0.4, 0.5) is 0 Å². The number of hydrogen-bond donors (Lipinski definition) is 1. The molecule has 3 aromatic rings. The van der Waals surface area contributed by atoms with E-state index in [-0.39, 0.29) is 0 Å². The Morgan fingerprint density at radius 3 is 2.74 bits per heavy atom. The van der Waals surface area contributed by atoms with Crippen molar-refractivity contribution in [2.24, 2.45) is 5.92 Å². The molecule has 1 saturated heterocycles. The van der Waals surface area contributed by atoms with Gasteiger partial charge in [0.15, 0.2) is 0 Å². The number of benzene rings is 2. The van der Waals surface area contributed by atoms with Gasteiger partial charge in [-0.15, -0.1) is 0 Å². The second-order valence-corrected chi connectivity index (χ2v) is 7.90. The van der Waals surface area contributed by atoms with Gasteiger partial charge in [0.05, 0.1) is 6.07 Å². The maximum Gasteiger partial charge on any atom is 0.0624 e. The summed E-state index contributed by atoms with van der Waals surface area (Å²) < 4.78 is 0. The first-order valence-electron chi connectivity index (χ1n) is 9.89. The molecule has 0 radical (unpaired) electrons. The molecule has 0 bridgehead atoms. The summed E-state index contributed by atoms with van der Waals surface area (Å²) in [7, 11) is 0. The Balaban J connectivity index is 1.68. The van der Waals surface area contributed by atoms with E-state index >= 15 is 0 Å². The summed E-state index contributed by atoms with van der Waals surface area (Å²) in [5.74, 6) is 0.503. The highest BCUT2D eigenvalue weighted by Gasteiger charge is 2.30. The lowest BCUT2D eigenvalue weighted by molar-refractivity contribution is 0.106. The standard InChI is InChI=1S/C24H27N3/c1-17-14-18(2)24-21(9-12-26-24)22(17)16-27-13-10-19(8-11-25)15-23(27)20-6-4-3-5-7-20/h3-7,9,12,14,19,23,26H,8,10,13,15-16H2,1-2H3/t19-,23-/m1/s1. The zero-order valence-electron chi connectivity index (χ0n) is 16.2. The van der Waals surface area contributed by atoms with Crippen molar-refractivity contribution in [3.63, 3.8) is 0 Å². The minimum atomic E-state index is 0.382. The number of hydrogen-bond acceptors (Lipinski definition) is 2. The molecule has 0 aliphatic carbocycles. The third kappa shape index (κ3) is 3.50. The number of likely N-dealkylation sites (tertiary alicyclic amines) is 1. The Hall–Kier alpha value is -2.57. The van der Waals surface area contributed by atoms with Crippen molar-refractivity contribution in [2.75, 3.05) is 6.54 Å². The maximum absolute atomic E-state index is 9.17. The summed E-state index contributed by atoms with van der Waals surface area (Å²) in [6.45, 7) is 6.41. The summed E-state index contributed by atoms with van der Waals surface area (Å²) in [6, 6.07) is 18.1. The van der Waals surface area contributed by atoms with Crippen LogP contribution in [-0.2, 0) is 6.54 Å². The van der Waals surface area contributed by atoms with E-state index in [2.05, 4.69) is 78.5 Å². The van der Waals surface area contributed by atoms with Crippen molar-refractivity contribution in [1.82, 2.24) is 9.88 Å². The third-order valence-corrected chi connectivity index (χ3v) is 6.12. The molecular weight excluding hydrogens is 330 g/mol. The summed E-state index contributed by atoms with van der Waals surface area (Å²) >= 11 is 0. The van der Waals surface area contributed by atoms with E-state index in [1.807, 2.05) is 0 Å². The van der Waals surface area contributed by atoms with Crippen molar-refractivity contribution in [2.45, 2.75) is 45.7 Å². The number of rotatable bonds is 4. The van der Waals surface area contributed by atoms with E-state index in [1.165, 1.54) is 33.2 Å². The number of nitrogens with zero attached hydrogens (tertiary/aromatic N) is 2. The summed E-state index contributed by atoms with van der Waals surface area (Å²) in [5, 5.41) is 10.5. The number of aromatic amines is 1. The molecule has 4 rings (SSSR count). The highest BCUT2D eigenvalue weighted by atomic mass is 15.2. The van der Waals surface area contributed by atoms with Crippen LogP contribution in [0.2, 0.25) is 0 Å². The first kappa shape index (κ1) is 17.8. The van der Waals surface area contributed by atoms with Crippen LogP contribution >= 0.6 is 0 Å². The highest BCUT2D eigenvalue weighted by molar-refractivity contribution is 5.86. The zero-order valence-corrected chi connectivity index (χ0v) is 16.2. The summed E-state index contributed by atoms with van der Waals surface area (Å²) in [4.78, 5) is 6.02. The number of aromatic nitrogens is 1. The van der Waals surface area contributed by atoms with E-state index in [0.717, 1.165) is 25.9 Å². The van der Waals surface area contributed by atoms with E-state index in [4.69, 9.17) is 5.26 Å². The van der Waals surface area contributed by atoms with Crippen LogP contribution in [-0.4, -0.2) is 16.4 Å². The molecule has 3 heteroatoms. The third-order valence-electron chi connectivity index (χ3n) is 6.12. The average Bonchev–Trinajstić information content (AvgIpc) is 3.17. The van der Waals surface area contributed by atoms with Crippen LogP contribution in [0.25, 0.3) is 10.9 Å². The predicted octanol–water partition coefficient (Wildman–Crippen LogP) is 5.65. The zero-order chi connectivity index (χ0) is 18.8. The average molecular weight is 358 g/mol. The van der Waals surface area contributed by atoms with Gasteiger partial charge >= 0.3 is 0 Å². The number of H-pyrrole nitrogens is 1. The lowest BCUT2D eigenvalue weighted by Gasteiger charge is -2.40. The normalized spacial score (nSPS) is 20.6. The summed E-state index contributed by atoms with van der Waals surface area (Å²) in [5.41, 5.74) is 6.73. The van der Waals surface area contributed by atoms with Crippen LogP contribution in [0.1, 0.15) is 47.6 Å². The number of aryl methyl sites for hydroxylation is 2. The van der Waals surface area contributed by atoms with Crippen LogP contribution < -0.4 is 0 Å². The Morgan fingerprint density at radius 1 is 1.15 bits per heavy atom. The van der Waals surface area contributed by atoms with Crippen molar-refractivity contribution < 1.29 is 0 Å². The molecule has 1 aromatic heterocycles. The Kier molecular flexibility index (Phi) is 5.01. The molecule has 2 aromatic carbocycles. The first-order valence-corrected chi connectivity index (χ1v) is 9.89. The van der Waals surface area contributed by atoms with Gasteiger partial charge in [0.25, 0.3) is 0 Å².